The van der Waals surface area contributed by atoms with Crippen LogP contribution in [0.15, 0.2) is 228 Å². The molecule has 5 aliphatic heterocycles. The van der Waals surface area contributed by atoms with Gasteiger partial charge in [-0.05, 0) is 111 Å². The minimum absolute atomic E-state index is 0.0360. The number of aliphatic imine (C=N–C) groups is 5. The van der Waals surface area contributed by atoms with E-state index >= 15 is 0 Å². The molecule has 0 unspecified atom stereocenters. The Morgan fingerprint density at radius 1 is 0.418 bits per heavy atom. The maximum absolute atomic E-state index is 5.37. The maximum atomic E-state index is 5.37. The van der Waals surface area contributed by atoms with Crippen molar-refractivity contribution in [1.29, 1.82) is 0 Å². The van der Waals surface area contributed by atoms with E-state index in [1.54, 1.807) is 55.2 Å². The molecule has 5 aromatic heterocycles. The van der Waals surface area contributed by atoms with Crippen LogP contribution in [0.5, 0.6) is 0 Å². The van der Waals surface area contributed by atoms with Crippen LogP contribution in [0.3, 0.4) is 0 Å². The lowest BCUT2D eigenvalue weighted by atomic mass is 9.84. The van der Waals surface area contributed by atoms with Crippen LogP contribution in [0.4, 0.5) is 0 Å². The van der Waals surface area contributed by atoms with E-state index in [1.807, 2.05) is 36.4 Å². The van der Waals surface area contributed by atoms with Gasteiger partial charge in [0.05, 0.1) is 54.4 Å². The van der Waals surface area contributed by atoms with E-state index in [9.17, 15) is 0 Å². The van der Waals surface area contributed by atoms with Crippen molar-refractivity contribution in [3.05, 3.63) is 243 Å². The van der Waals surface area contributed by atoms with Crippen molar-refractivity contribution in [2.24, 2.45) is 52.0 Å². The molecule has 110 heavy (non-hydrogen) atoms. The van der Waals surface area contributed by atoms with Crippen molar-refractivity contribution < 1.29 is 17.9 Å². The van der Waals surface area contributed by atoms with Crippen molar-refractivity contribution in [2.45, 2.75) is 248 Å². The predicted octanol–water partition coefficient (Wildman–Crippen LogP) is 26.5. The van der Waals surface area contributed by atoms with Gasteiger partial charge in [0, 0.05) is 85.5 Å². The van der Waals surface area contributed by atoms with Crippen molar-refractivity contribution >= 4 is 58.9 Å². The highest BCUT2D eigenvalue weighted by Crippen LogP contribution is 2.35. The number of hydrogen-bond acceptors (Lipinski definition) is 14. The van der Waals surface area contributed by atoms with Crippen molar-refractivity contribution in [1.82, 2.24) is 30.5 Å². The molecule has 0 amide bonds. The number of aromatic nitrogens is 6. The van der Waals surface area contributed by atoms with Crippen LogP contribution in [-0.4, -0.2) is 78.7 Å². The minimum Gasteiger partial charge on any atom is -0.445 e. The molecular weight excluding hydrogens is 1360 g/mol. The van der Waals surface area contributed by atoms with E-state index in [2.05, 4.69) is 359 Å². The number of oxazole rings is 2. The zero-order valence-electron chi connectivity index (χ0n) is 73.8. The third-order valence-corrected chi connectivity index (χ3v) is 16.7. The average Bonchev–Trinajstić information content (AvgIpc) is 1.69. The molecule has 0 aliphatic carbocycles. The molecule has 5 aromatic rings. The van der Waals surface area contributed by atoms with Gasteiger partial charge in [-0.3, -0.25) is 30.1 Å². The van der Waals surface area contributed by atoms with Crippen molar-refractivity contribution in [3.63, 3.8) is 0 Å². The van der Waals surface area contributed by atoms with Crippen LogP contribution in [0.25, 0.3) is 30.4 Å². The molecule has 0 spiro atoms. The maximum Gasteiger partial charge on any atom is 0.218 e. The molecule has 15 nitrogen and oxygen atoms in total. The van der Waals surface area contributed by atoms with Gasteiger partial charge in [0.2, 0.25) is 11.8 Å². The second-order valence-electron chi connectivity index (χ2n) is 37.0. The average molecular weight is 1500 g/mol. The first-order valence-electron chi connectivity index (χ1n) is 37.9. The molecule has 0 fully saturated rings. The van der Waals surface area contributed by atoms with Gasteiger partial charge >= 0.3 is 0 Å². The van der Waals surface area contributed by atoms with E-state index in [1.165, 1.54) is 28.1 Å². The van der Waals surface area contributed by atoms with Crippen molar-refractivity contribution in [3.8, 4) is 0 Å². The quantitative estimate of drug-likeness (QED) is 0.142. The molecule has 600 valence electrons. The van der Waals surface area contributed by atoms with Gasteiger partial charge in [0.1, 0.15) is 35.4 Å². The van der Waals surface area contributed by atoms with Crippen LogP contribution in [-0.2, 0) is 27.1 Å². The topological polar surface area (TPSA) is 195 Å². The van der Waals surface area contributed by atoms with Gasteiger partial charge in [-0.1, -0.05) is 308 Å². The van der Waals surface area contributed by atoms with Crippen LogP contribution in [0.2, 0.25) is 0 Å². The first-order valence-corrected chi connectivity index (χ1v) is 37.9. The summed E-state index contributed by atoms with van der Waals surface area (Å²) in [5, 5.41) is 14.6. The lowest BCUT2D eigenvalue weighted by Crippen LogP contribution is -2.14. The lowest BCUT2D eigenvalue weighted by molar-refractivity contribution is 0.328. The molecular formula is C95H141N11O4. The Bertz CT molecular complexity index is 3870. The monoisotopic (exact) mass is 1500 g/mol. The Balaban J connectivity index is 0.000000611. The van der Waals surface area contributed by atoms with E-state index < -0.39 is 0 Å². The number of allylic oxidation sites excluding steroid dienone is 12. The fourth-order valence-corrected chi connectivity index (χ4v) is 9.68. The lowest BCUT2D eigenvalue weighted by Gasteiger charge is -2.20. The number of rotatable bonds is 10. The van der Waals surface area contributed by atoms with Gasteiger partial charge in [-0.15, -0.1) is 0 Å². The molecule has 10 rings (SSSR count). The molecule has 0 atom stereocenters. The van der Waals surface area contributed by atoms with Crippen molar-refractivity contribution in [2.75, 3.05) is 19.6 Å². The Morgan fingerprint density at radius 2 is 0.900 bits per heavy atom. The first kappa shape index (κ1) is 98.5. The largest absolute Gasteiger partial charge is 0.445 e. The van der Waals surface area contributed by atoms with E-state index in [4.69, 9.17) is 17.9 Å². The number of nitrogens with zero attached hydrogens (tertiary/aromatic N) is 10. The molecule has 5 aliphatic rings. The predicted molar refractivity (Wildman–Crippen MR) is 478 cm³/mol. The van der Waals surface area contributed by atoms with Gasteiger partial charge < -0.3 is 17.9 Å². The molecule has 0 bridgehead atoms. The third kappa shape index (κ3) is 35.0. The zero-order chi connectivity index (χ0) is 84.8. The van der Waals surface area contributed by atoms with Gasteiger partial charge in [-0.2, -0.15) is 5.10 Å². The molecule has 0 saturated heterocycles. The van der Waals surface area contributed by atoms with E-state index in [0.717, 1.165) is 107 Å². The second kappa shape index (κ2) is 42.6. The first-order chi connectivity index (χ1) is 50.4. The number of nitrogens with one attached hydrogen (secondary N) is 1. The fraction of sp³-hybridized carbons (Fsp3) is 0.474. The molecule has 10 heterocycles. The smallest absolute Gasteiger partial charge is 0.218 e. The highest BCUT2D eigenvalue weighted by molar-refractivity contribution is 6.11. The zero-order valence-corrected chi connectivity index (χ0v) is 73.8. The minimum atomic E-state index is 0.0360. The number of H-pyrrole nitrogens is 1. The summed E-state index contributed by atoms with van der Waals surface area (Å²) in [5.74, 6) is 2.98. The SMILES string of the molecule is C=CC1=NC(C(C)(C)C)=CC1.C=CC1=NC(C(C)(C)C)=CC1.C=CC1=NCC(C(C)(C)C)=C1.C=CC1=NCC=C1C(C)(C)C.C=CC1=NCC=C1C(C)(C)C.C=Cc1cc(C(C)(C)C)[nH]n1.C=Cc1cc(C(C)(C)C)on1.C=Cc1nc(C(C)(C)C)co1.C=Cc1ncc(C(C)(C)C)o1.C=Cc1nocc1C(C)(C)C. The summed E-state index contributed by atoms with van der Waals surface area (Å²) in [6, 6.07) is 3.93. The summed E-state index contributed by atoms with van der Waals surface area (Å²) >= 11 is 0. The highest BCUT2D eigenvalue weighted by Gasteiger charge is 2.27. The number of hydrogen-bond donors (Lipinski definition) is 1. The van der Waals surface area contributed by atoms with Crippen LogP contribution in [0.1, 0.15) is 278 Å². The Kier molecular flexibility index (Phi) is 38.2. The Hall–Kier alpha value is -9.50. The summed E-state index contributed by atoms with van der Waals surface area (Å²) in [7, 11) is 0. The summed E-state index contributed by atoms with van der Waals surface area (Å²) in [4.78, 5) is 30.0. The number of aromatic amines is 1. The molecule has 0 saturated carbocycles. The van der Waals surface area contributed by atoms with Gasteiger partial charge in [0.25, 0.3) is 0 Å². The molecule has 0 aromatic carbocycles. The van der Waals surface area contributed by atoms with Gasteiger partial charge in [-0.25, -0.2) is 9.97 Å². The standard InChI is InChI=1S/5C10H15N.C9H14N2.4C9H13NO/c1-5-9-6-8(7-11-9)10(2,3)4;2*1-5-9-8(6-7-11-9)10(2,3)4;2*1-5-8-6-7-9(11-8)10(2,3)4;1-5-7-6-8(11-10-7)9(2,3)4;1-5-8-10-7(6-11-8)9(2,3)4;1-5-8-10-6-7(11-8)9(2,3)4;1-5-8-7(6-11-10-8)9(2,3)4;1-5-7-6-8(11-10-7)9(2,3)4/h3*5-6H,1,7H2,2-4H3;2*5,7H,1,6H2,2-4H3;5-6H,1H2,2-4H3,(H,10,11);4*5-6H,1H2,2-4H3. The second-order valence-corrected chi connectivity index (χ2v) is 37.0. The fourth-order valence-electron chi connectivity index (χ4n) is 9.68. The third-order valence-electron chi connectivity index (χ3n) is 16.7. The van der Waals surface area contributed by atoms with Crippen LogP contribution >= 0.6 is 0 Å². The summed E-state index contributed by atoms with van der Waals surface area (Å²) in [5.41, 5.74) is 19.0. The molecule has 0 radical (unpaired) electrons. The van der Waals surface area contributed by atoms with Crippen LogP contribution < -0.4 is 0 Å². The Morgan fingerprint density at radius 3 is 1.14 bits per heavy atom. The molecule has 1 N–H and O–H groups in total. The summed E-state index contributed by atoms with van der Waals surface area (Å²) in [6.45, 7) is 104. The molecule has 15 heteroatoms. The van der Waals surface area contributed by atoms with Crippen LogP contribution in [0, 0.1) is 27.1 Å². The normalized spacial score (nSPS) is 14.6. The van der Waals surface area contributed by atoms with E-state index in [-0.39, 0.29) is 54.1 Å². The van der Waals surface area contributed by atoms with E-state index in [0.29, 0.717) is 11.8 Å². The summed E-state index contributed by atoms with van der Waals surface area (Å²) in [6.07, 6.45) is 35.3. The highest BCUT2D eigenvalue weighted by atomic mass is 16.5. The summed E-state index contributed by atoms with van der Waals surface area (Å²) < 4.78 is 20.4. The van der Waals surface area contributed by atoms with Gasteiger partial charge in [0.15, 0.2) is 0 Å². The Labute approximate surface area is 665 Å².